The average Bonchev–Trinajstić information content (AvgIpc) is 3.19. The number of rotatable bonds is 11. The fraction of sp³-hybridized carbons (Fsp3) is 0.650. The van der Waals surface area contributed by atoms with Crippen LogP contribution in [0.4, 0.5) is 0 Å². The molecule has 146 valence electrons. The quantitative estimate of drug-likeness (QED) is 0.317. The molecule has 2 rings (SSSR count). The van der Waals surface area contributed by atoms with Crippen LogP contribution in [0.2, 0.25) is 0 Å². The first kappa shape index (κ1) is 20.7. The summed E-state index contributed by atoms with van der Waals surface area (Å²) in [7, 11) is 0. The van der Waals surface area contributed by atoms with Gasteiger partial charge in [0.05, 0.1) is 26.4 Å². The van der Waals surface area contributed by atoms with Crippen molar-refractivity contribution in [1.82, 2.24) is 10.6 Å². The molecule has 2 unspecified atom stereocenters. The third kappa shape index (κ3) is 7.72. The summed E-state index contributed by atoms with van der Waals surface area (Å²) in [5.41, 5.74) is 1.11. The van der Waals surface area contributed by atoms with Gasteiger partial charge in [0, 0.05) is 38.1 Å². The van der Waals surface area contributed by atoms with E-state index in [4.69, 9.17) is 9.47 Å². The van der Waals surface area contributed by atoms with E-state index in [1.807, 2.05) is 37.3 Å². The van der Waals surface area contributed by atoms with Crippen LogP contribution in [-0.4, -0.2) is 63.7 Å². The third-order valence-electron chi connectivity index (χ3n) is 4.44. The minimum atomic E-state index is 0.0172. The van der Waals surface area contributed by atoms with Crippen molar-refractivity contribution in [2.24, 2.45) is 10.9 Å². The van der Waals surface area contributed by atoms with Crippen molar-refractivity contribution in [3.8, 4) is 0 Å². The van der Waals surface area contributed by atoms with Gasteiger partial charge in [-0.15, -0.1) is 0 Å². The Morgan fingerprint density at radius 2 is 2.19 bits per heavy atom. The minimum Gasteiger partial charge on any atom is -0.396 e. The fourth-order valence-electron chi connectivity index (χ4n) is 2.88. The maximum Gasteiger partial charge on any atom is 0.191 e. The molecular weight excluding hydrogens is 330 g/mol. The highest BCUT2D eigenvalue weighted by molar-refractivity contribution is 5.79. The Hall–Kier alpha value is -1.63. The van der Waals surface area contributed by atoms with Gasteiger partial charge in [0.25, 0.3) is 0 Å². The average molecular weight is 364 g/mol. The van der Waals surface area contributed by atoms with Crippen LogP contribution in [0, 0.1) is 5.92 Å². The monoisotopic (exact) mass is 363 g/mol. The van der Waals surface area contributed by atoms with Crippen molar-refractivity contribution in [3.63, 3.8) is 0 Å². The predicted molar refractivity (Wildman–Crippen MR) is 105 cm³/mol. The van der Waals surface area contributed by atoms with E-state index in [1.54, 1.807) is 0 Å². The highest BCUT2D eigenvalue weighted by Gasteiger charge is 2.15. The highest BCUT2D eigenvalue weighted by atomic mass is 16.5. The predicted octanol–water partition coefficient (Wildman–Crippen LogP) is 1.76. The largest absolute Gasteiger partial charge is 0.396 e. The van der Waals surface area contributed by atoms with Crippen molar-refractivity contribution in [3.05, 3.63) is 35.9 Å². The van der Waals surface area contributed by atoms with Gasteiger partial charge in [-0.05, 0) is 25.3 Å². The van der Waals surface area contributed by atoms with Crippen molar-refractivity contribution in [2.75, 3.05) is 52.7 Å². The van der Waals surface area contributed by atoms with Crippen LogP contribution in [0.3, 0.4) is 0 Å². The SMILES string of the molecule is CCNC(=NCC(CO)c1ccccc1)NCCCOCC1CCOC1. The molecule has 26 heavy (non-hydrogen) atoms. The summed E-state index contributed by atoms with van der Waals surface area (Å²) >= 11 is 0. The maximum atomic E-state index is 9.65. The second-order valence-corrected chi connectivity index (χ2v) is 6.59. The Kier molecular flexibility index (Phi) is 10.1. The molecule has 0 aliphatic carbocycles. The second kappa shape index (κ2) is 12.7. The zero-order valence-electron chi connectivity index (χ0n) is 15.8. The topological polar surface area (TPSA) is 75.1 Å². The Balaban J connectivity index is 1.68. The summed E-state index contributed by atoms with van der Waals surface area (Å²) in [6.45, 7) is 7.54. The van der Waals surface area contributed by atoms with Gasteiger partial charge in [0.15, 0.2) is 5.96 Å². The second-order valence-electron chi connectivity index (χ2n) is 6.59. The van der Waals surface area contributed by atoms with Crippen LogP contribution in [-0.2, 0) is 9.47 Å². The summed E-state index contributed by atoms with van der Waals surface area (Å²) in [5, 5.41) is 16.2. The van der Waals surface area contributed by atoms with E-state index >= 15 is 0 Å². The van der Waals surface area contributed by atoms with Gasteiger partial charge in [-0.3, -0.25) is 4.99 Å². The van der Waals surface area contributed by atoms with Crippen molar-refractivity contribution >= 4 is 5.96 Å². The Morgan fingerprint density at radius 3 is 2.88 bits per heavy atom. The van der Waals surface area contributed by atoms with E-state index in [1.165, 1.54) is 0 Å². The summed E-state index contributed by atoms with van der Waals surface area (Å²) in [6.07, 6.45) is 2.04. The molecule has 6 nitrogen and oxygen atoms in total. The van der Waals surface area contributed by atoms with Crippen molar-refractivity contribution < 1.29 is 14.6 Å². The lowest BCUT2D eigenvalue weighted by Crippen LogP contribution is -2.38. The first-order valence-corrected chi connectivity index (χ1v) is 9.67. The number of hydrogen-bond donors (Lipinski definition) is 3. The van der Waals surface area contributed by atoms with Gasteiger partial charge in [-0.2, -0.15) is 0 Å². The van der Waals surface area contributed by atoms with E-state index < -0.39 is 0 Å². The van der Waals surface area contributed by atoms with Crippen LogP contribution in [0.15, 0.2) is 35.3 Å². The molecule has 0 radical (unpaired) electrons. The number of guanidine groups is 1. The summed E-state index contributed by atoms with van der Waals surface area (Å²) < 4.78 is 11.1. The van der Waals surface area contributed by atoms with Gasteiger partial charge in [0.2, 0.25) is 0 Å². The molecule has 1 saturated heterocycles. The Labute approximate surface area is 157 Å². The van der Waals surface area contributed by atoms with Crippen LogP contribution < -0.4 is 10.6 Å². The summed E-state index contributed by atoms with van der Waals surface area (Å²) in [5.74, 6) is 1.37. The number of aliphatic hydroxyl groups is 1. The zero-order valence-corrected chi connectivity index (χ0v) is 15.8. The Morgan fingerprint density at radius 1 is 1.35 bits per heavy atom. The molecule has 0 amide bonds. The van der Waals surface area contributed by atoms with E-state index in [0.717, 1.165) is 63.9 Å². The Bertz CT molecular complexity index is 504. The number of nitrogens with zero attached hydrogens (tertiary/aromatic N) is 1. The zero-order chi connectivity index (χ0) is 18.5. The number of ether oxygens (including phenoxy) is 2. The first-order chi connectivity index (χ1) is 12.8. The molecule has 1 heterocycles. The molecule has 1 aromatic rings. The molecule has 0 aromatic heterocycles. The molecule has 0 spiro atoms. The molecule has 0 saturated carbocycles. The standard InChI is InChI=1S/C20H33N3O3/c1-2-21-20(22-10-6-11-25-15-17-9-12-26-16-17)23-13-19(14-24)18-7-4-3-5-8-18/h3-5,7-8,17,19,24H,2,6,9-16H2,1H3,(H2,21,22,23). The van der Waals surface area contributed by atoms with Crippen molar-refractivity contribution in [1.29, 1.82) is 0 Å². The summed E-state index contributed by atoms with van der Waals surface area (Å²) in [6, 6.07) is 10.0. The molecule has 3 N–H and O–H groups in total. The molecule has 6 heteroatoms. The lowest BCUT2D eigenvalue weighted by Gasteiger charge is -2.15. The van der Waals surface area contributed by atoms with E-state index in [2.05, 4.69) is 15.6 Å². The van der Waals surface area contributed by atoms with E-state index in [9.17, 15) is 5.11 Å². The molecule has 1 aliphatic rings. The van der Waals surface area contributed by atoms with Gasteiger partial charge in [-0.1, -0.05) is 30.3 Å². The number of aliphatic hydroxyl groups excluding tert-OH is 1. The third-order valence-corrected chi connectivity index (χ3v) is 4.44. The number of aliphatic imine (C=N–C) groups is 1. The van der Waals surface area contributed by atoms with Crippen LogP contribution in [0.1, 0.15) is 31.2 Å². The normalized spacial score (nSPS) is 18.7. The lowest BCUT2D eigenvalue weighted by atomic mass is 10.0. The first-order valence-electron chi connectivity index (χ1n) is 9.67. The van der Waals surface area contributed by atoms with Gasteiger partial charge in [-0.25, -0.2) is 0 Å². The highest BCUT2D eigenvalue weighted by Crippen LogP contribution is 2.15. The molecule has 2 atom stereocenters. The number of nitrogens with one attached hydrogen (secondary N) is 2. The van der Waals surface area contributed by atoms with Crippen LogP contribution in [0.5, 0.6) is 0 Å². The van der Waals surface area contributed by atoms with Crippen LogP contribution in [0.25, 0.3) is 0 Å². The molecular formula is C20H33N3O3. The number of benzene rings is 1. The fourth-order valence-corrected chi connectivity index (χ4v) is 2.88. The summed E-state index contributed by atoms with van der Waals surface area (Å²) in [4.78, 5) is 4.62. The molecule has 1 aliphatic heterocycles. The lowest BCUT2D eigenvalue weighted by molar-refractivity contribution is 0.0888. The minimum absolute atomic E-state index is 0.0172. The molecule has 1 fully saturated rings. The molecule has 0 bridgehead atoms. The van der Waals surface area contributed by atoms with Gasteiger partial charge >= 0.3 is 0 Å². The molecule has 1 aromatic carbocycles. The van der Waals surface area contributed by atoms with Crippen molar-refractivity contribution in [2.45, 2.75) is 25.7 Å². The maximum absolute atomic E-state index is 9.65. The smallest absolute Gasteiger partial charge is 0.191 e. The van der Waals surface area contributed by atoms with E-state index in [0.29, 0.717) is 12.5 Å². The van der Waals surface area contributed by atoms with Gasteiger partial charge < -0.3 is 25.2 Å². The number of hydrogen-bond acceptors (Lipinski definition) is 4. The van der Waals surface area contributed by atoms with Crippen LogP contribution >= 0.6 is 0 Å². The van der Waals surface area contributed by atoms with E-state index in [-0.39, 0.29) is 12.5 Å². The van der Waals surface area contributed by atoms with Gasteiger partial charge in [0.1, 0.15) is 0 Å².